The van der Waals surface area contributed by atoms with Gasteiger partial charge in [-0.15, -0.1) is 11.6 Å². The summed E-state index contributed by atoms with van der Waals surface area (Å²) in [6, 6.07) is 18.5. The normalized spacial score (nSPS) is 12.4. The van der Waals surface area contributed by atoms with Gasteiger partial charge in [0.15, 0.2) is 0 Å². The molecule has 3 aromatic rings. The van der Waals surface area contributed by atoms with Gasteiger partial charge in [0.25, 0.3) is 0 Å². The molecule has 0 heterocycles. The zero-order chi connectivity index (χ0) is 32.5. The van der Waals surface area contributed by atoms with Crippen LogP contribution in [0.1, 0.15) is 50.3 Å². The summed E-state index contributed by atoms with van der Waals surface area (Å²) in [7, 11) is 0. The second-order valence-electron chi connectivity index (χ2n) is 9.89. The standard InChI is InChI=1S/C13H22N.C10H8F2O2.C8H5F2N.C2H4BrCl.ClH/c1-4-14(5-2,6-3)12-13-10-8-7-9-11-13;11-6-1-2-8(12)7(5-6)10(3-4-10)9(13)14;9-7-1-2-8(10)6(5-7)3-4-11;3-1-2-4;/h7-11H,4-6,12H2,1-3H3;1-2,5H,3-4H2,(H,13,14);1-2,5H,3H2;1-2H2;1H/q+1;;;;/p-1. The first-order valence-corrected chi connectivity index (χ1v) is 15.6. The van der Waals surface area contributed by atoms with Crippen LogP contribution in [0.25, 0.3) is 0 Å². The summed E-state index contributed by atoms with van der Waals surface area (Å²) in [4.78, 5) is 10.9. The molecule has 0 spiro atoms. The average molecular weight is 722 g/mol. The van der Waals surface area contributed by atoms with E-state index in [1.165, 1.54) is 36.2 Å². The van der Waals surface area contributed by atoms with E-state index in [1.54, 1.807) is 6.07 Å². The second-order valence-corrected chi connectivity index (χ2v) is 11.1. The lowest BCUT2D eigenvalue weighted by atomic mass is 9.95. The molecule has 1 saturated carbocycles. The van der Waals surface area contributed by atoms with Crippen LogP contribution < -0.4 is 12.4 Å². The summed E-state index contributed by atoms with van der Waals surface area (Å²) in [5, 5.41) is 18.0. The summed E-state index contributed by atoms with van der Waals surface area (Å²) >= 11 is 8.26. The molecule has 4 nitrogen and oxygen atoms in total. The molecule has 0 unspecified atom stereocenters. The second kappa shape index (κ2) is 21.2. The fourth-order valence-corrected chi connectivity index (χ4v) is 4.33. The Morgan fingerprint density at radius 1 is 0.932 bits per heavy atom. The largest absolute Gasteiger partial charge is 1.00 e. The zero-order valence-corrected chi connectivity index (χ0v) is 28.2. The minimum absolute atomic E-state index is 0. The molecule has 44 heavy (non-hydrogen) atoms. The van der Waals surface area contributed by atoms with Gasteiger partial charge in [-0.05, 0) is 70.0 Å². The first-order valence-electron chi connectivity index (χ1n) is 14.0. The van der Waals surface area contributed by atoms with E-state index in [2.05, 4.69) is 67.0 Å². The number of carbonyl (C=O) groups is 1. The van der Waals surface area contributed by atoms with Gasteiger partial charge >= 0.3 is 5.97 Å². The van der Waals surface area contributed by atoms with Gasteiger partial charge < -0.3 is 22.0 Å². The number of benzene rings is 3. The minimum Gasteiger partial charge on any atom is -1.00 e. The van der Waals surface area contributed by atoms with Crippen LogP contribution in [0.3, 0.4) is 0 Å². The van der Waals surface area contributed by atoms with Crippen molar-refractivity contribution in [3.8, 4) is 6.07 Å². The Balaban J connectivity index is 0.000000591. The summed E-state index contributed by atoms with van der Waals surface area (Å²) in [5.41, 5.74) is 0.349. The van der Waals surface area contributed by atoms with Crippen LogP contribution in [0, 0.1) is 34.6 Å². The van der Waals surface area contributed by atoms with Crippen LogP contribution >= 0.6 is 27.5 Å². The highest BCUT2D eigenvalue weighted by Gasteiger charge is 2.53. The third-order valence-corrected chi connectivity index (χ3v) is 8.37. The predicted molar refractivity (Wildman–Crippen MR) is 167 cm³/mol. The quantitative estimate of drug-likeness (QED) is 0.173. The number of hydrogen-bond acceptors (Lipinski definition) is 2. The number of aliphatic carboxylic acids is 1. The number of alkyl halides is 2. The van der Waals surface area contributed by atoms with Crippen molar-refractivity contribution in [1.29, 1.82) is 5.26 Å². The number of nitrogens with zero attached hydrogens (tertiary/aromatic N) is 2. The molecule has 1 aliphatic carbocycles. The molecular formula is C33H39BrCl2F4N2O2. The van der Waals surface area contributed by atoms with E-state index in [0.717, 1.165) is 41.7 Å². The monoisotopic (exact) mass is 720 g/mol. The van der Waals surface area contributed by atoms with Crippen molar-refractivity contribution in [2.24, 2.45) is 0 Å². The van der Waals surface area contributed by atoms with Crippen molar-refractivity contribution in [2.75, 3.05) is 30.8 Å². The number of hydrogen-bond donors (Lipinski definition) is 1. The molecule has 0 bridgehead atoms. The van der Waals surface area contributed by atoms with E-state index >= 15 is 0 Å². The van der Waals surface area contributed by atoms with Crippen molar-refractivity contribution in [3.05, 3.63) is 107 Å². The Morgan fingerprint density at radius 2 is 1.43 bits per heavy atom. The maximum Gasteiger partial charge on any atom is 0.314 e. The van der Waals surface area contributed by atoms with Crippen molar-refractivity contribution < 1.29 is 44.4 Å². The first-order chi connectivity index (χ1) is 20.5. The number of rotatable bonds is 9. The van der Waals surface area contributed by atoms with Crippen LogP contribution in [-0.2, 0) is 23.2 Å². The summed E-state index contributed by atoms with van der Waals surface area (Å²) in [6.07, 6.45) is 0.662. The third kappa shape index (κ3) is 13.2. The van der Waals surface area contributed by atoms with E-state index in [4.69, 9.17) is 22.0 Å². The fraction of sp³-hybridized carbons (Fsp3) is 0.394. The lowest BCUT2D eigenvalue weighted by molar-refractivity contribution is -0.936. The van der Waals surface area contributed by atoms with Gasteiger partial charge in [0.1, 0.15) is 29.8 Å². The Bertz CT molecular complexity index is 1310. The molecule has 0 atom stereocenters. The van der Waals surface area contributed by atoms with Crippen LogP contribution in [0.5, 0.6) is 0 Å². The van der Waals surface area contributed by atoms with Gasteiger partial charge in [-0.25, -0.2) is 17.6 Å². The fourth-order valence-electron chi connectivity index (χ4n) is 4.33. The van der Waals surface area contributed by atoms with E-state index < -0.39 is 34.7 Å². The molecular weight excluding hydrogens is 683 g/mol. The molecule has 242 valence electrons. The zero-order valence-electron chi connectivity index (χ0n) is 25.1. The van der Waals surface area contributed by atoms with Crippen molar-refractivity contribution in [2.45, 2.75) is 52.0 Å². The highest BCUT2D eigenvalue weighted by molar-refractivity contribution is 9.09. The average Bonchev–Trinajstić information content (AvgIpc) is 3.83. The predicted octanol–water partition coefficient (Wildman–Crippen LogP) is 5.80. The molecule has 0 radical (unpaired) electrons. The molecule has 3 aromatic carbocycles. The van der Waals surface area contributed by atoms with Crippen LogP contribution in [-0.4, -0.2) is 46.4 Å². The van der Waals surface area contributed by atoms with Gasteiger partial charge in [-0.3, -0.25) is 4.79 Å². The maximum absolute atomic E-state index is 13.2. The highest BCUT2D eigenvalue weighted by Crippen LogP contribution is 2.49. The molecule has 0 saturated heterocycles. The molecule has 0 amide bonds. The van der Waals surface area contributed by atoms with Gasteiger partial charge in [0.05, 0.1) is 37.5 Å². The van der Waals surface area contributed by atoms with Crippen molar-refractivity contribution in [1.82, 2.24) is 0 Å². The number of halogens is 7. The Labute approximate surface area is 277 Å². The molecule has 4 rings (SSSR count). The Hall–Kier alpha value is -2.64. The summed E-state index contributed by atoms with van der Waals surface area (Å²) < 4.78 is 52.3. The lowest BCUT2D eigenvalue weighted by Crippen LogP contribution is -3.00. The smallest absolute Gasteiger partial charge is 0.314 e. The first kappa shape index (κ1) is 41.4. The molecule has 11 heteroatoms. The summed E-state index contributed by atoms with van der Waals surface area (Å²) in [5.74, 6) is -2.67. The highest BCUT2D eigenvalue weighted by atomic mass is 79.9. The Kier molecular flexibility index (Phi) is 19.9. The molecule has 0 aromatic heterocycles. The SMILES string of the molecule is CC[N+](CC)(CC)Cc1ccccc1.ClCCBr.N#CCc1cc(F)ccc1F.O=C(O)C1(c2cc(F)ccc2F)CC1.[Cl-]. The third-order valence-electron chi connectivity index (χ3n) is 7.33. The van der Waals surface area contributed by atoms with Gasteiger partial charge in [0, 0.05) is 27.9 Å². The van der Waals surface area contributed by atoms with Crippen LogP contribution in [0.15, 0.2) is 66.7 Å². The Morgan fingerprint density at radius 3 is 1.86 bits per heavy atom. The van der Waals surface area contributed by atoms with Gasteiger partial charge in [-0.1, -0.05) is 46.3 Å². The topological polar surface area (TPSA) is 61.1 Å². The van der Waals surface area contributed by atoms with Crippen LogP contribution in [0.2, 0.25) is 0 Å². The van der Waals surface area contributed by atoms with Gasteiger partial charge in [-0.2, -0.15) is 5.26 Å². The number of carboxylic acids is 1. The van der Waals surface area contributed by atoms with Crippen molar-refractivity contribution >= 4 is 33.5 Å². The van der Waals surface area contributed by atoms with E-state index in [1.807, 2.05) is 0 Å². The molecule has 1 fully saturated rings. The van der Waals surface area contributed by atoms with E-state index in [0.29, 0.717) is 18.7 Å². The van der Waals surface area contributed by atoms with Crippen LogP contribution in [0.4, 0.5) is 17.6 Å². The van der Waals surface area contributed by atoms with E-state index in [9.17, 15) is 22.4 Å². The van der Waals surface area contributed by atoms with Gasteiger partial charge in [0.2, 0.25) is 0 Å². The lowest BCUT2D eigenvalue weighted by Gasteiger charge is -2.35. The summed E-state index contributed by atoms with van der Waals surface area (Å²) in [6.45, 7) is 11.7. The van der Waals surface area contributed by atoms with Crippen molar-refractivity contribution in [3.63, 3.8) is 0 Å². The maximum atomic E-state index is 13.2. The molecule has 0 aliphatic heterocycles. The molecule has 1 N–H and O–H groups in total. The number of carboxylic acid groups (broad SMARTS) is 1. The minimum atomic E-state index is -1.17. The number of quaternary nitrogens is 1. The molecule has 1 aliphatic rings. The van der Waals surface area contributed by atoms with E-state index in [-0.39, 0.29) is 30.0 Å². The number of nitriles is 1.